The van der Waals surface area contributed by atoms with Gasteiger partial charge in [-0.05, 0) is 62.5 Å². The number of likely N-dealkylation sites (tertiary alicyclic amines) is 1. The first-order valence-electron chi connectivity index (χ1n) is 8.36. The van der Waals surface area contributed by atoms with Crippen LogP contribution in [-0.2, 0) is 0 Å². The van der Waals surface area contributed by atoms with Gasteiger partial charge < -0.3 is 15.8 Å². The molecule has 1 heterocycles. The van der Waals surface area contributed by atoms with Crippen molar-refractivity contribution in [2.45, 2.75) is 25.4 Å². The topological polar surface area (TPSA) is 62.9 Å². The molecule has 1 saturated heterocycles. The number of hydrogen-bond acceptors (Lipinski definition) is 3. The van der Waals surface area contributed by atoms with Gasteiger partial charge in [-0.15, -0.1) is 0 Å². The lowest BCUT2D eigenvalue weighted by molar-refractivity contribution is -0.148. The zero-order chi connectivity index (χ0) is 18.3. The van der Waals surface area contributed by atoms with E-state index in [1.165, 1.54) is 4.90 Å². The summed E-state index contributed by atoms with van der Waals surface area (Å²) in [6, 6.07) is 7.34. The smallest absolute Gasteiger partial charge is 0.401 e. The highest BCUT2D eigenvalue weighted by Crippen LogP contribution is 2.24. The molecule has 0 unspecified atom stereocenters. The average molecular weight is 358 g/mol. The number of anilines is 1. The highest BCUT2D eigenvalue weighted by molar-refractivity contribution is 5.92. The average Bonchev–Trinajstić information content (AvgIpc) is 2.56. The minimum absolute atomic E-state index is 0.333. The zero-order valence-corrected chi connectivity index (χ0v) is 14.4. The molecule has 25 heavy (non-hydrogen) atoms. The van der Waals surface area contributed by atoms with Gasteiger partial charge in [-0.2, -0.15) is 13.2 Å². The Morgan fingerprint density at radius 2 is 1.92 bits per heavy atom. The number of halogens is 3. The maximum absolute atomic E-state index is 12.4. The van der Waals surface area contributed by atoms with Crippen LogP contribution >= 0.6 is 0 Å². The Bertz CT molecular complexity index is 552. The molecule has 0 bridgehead atoms. The molecule has 8 heteroatoms. The second-order valence-corrected chi connectivity index (χ2v) is 6.24. The molecule has 5 nitrogen and oxygen atoms in total. The predicted octanol–water partition coefficient (Wildman–Crippen LogP) is 3.09. The van der Waals surface area contributed by atoms with Gasteiger partial charge >= 0.3 is 6.18 Å². The second-order valence-electron chi connectivity index (χ2n) is 6.24. The van der Waals surface area contributed by atoms with Crippen LogP contribution in [0.4, 0.5) is 18.9 Å². The van der Waals surface area contributed by atoms with E-state index < -0.39 is 12.7 Å². The molecule has 0 aliphatic carbocycles. The van der Waals surface area contributed by atoms with Crippen LogP contribution in [0.3, 0.4) is 0 Å². The van der Waals surface area contributed by atoms with Crippen molar-refractivity contribution < 1.29 is 17.9 Å². The van der Waals surface area contributed by atoms with Crippen molar-refractivity contribution in [1.82, 2.24) is 4.90 Å². The number of nitrogens with zero attached hydrogens (tertiary/aromatic N) is 2. The van der Waals surface area contributed by atoms with Crippen LogP contribution in [0.5, 0.6) is 5.75 Å². The second kappa shape index (κ2) is 8.94. The lowest BCUT2D eigenvalue weighted by Gasteiger charge is -2.32. The Morgan fingerprint density at radius 1 is 1.28 bits per heavy atom. The van der Waals surface area contributed by atoms with Crippen LogP contribution in [0.2, 0.25) is 0 Å². The van der Waals surface area contributed by atoms with Gasteiger partial charge in [0, 0.05) is 12.2 Å². The van der Waals surface area contributed by atoms with E-state index in [0.717, 1.165) is 30.7 Å². The maximum Gasteiger partial charge on any atom is 0.401 e. The van der Waals surface area contributed by atoms with E-state index in [1.807, 2.05) is 24.3 Å². The maximum atomic E-state index is 12.4. The summed E-state index contributed by atoms with van der Waals surface area (Å²) in [5.74, 6) is 1.50. The fourth-order valence-electron chi connectivity index (χ4n) is 2.92. The number of ether oxygens (including phenoxy) is 1. The molecule has 3 N–H and O–H groups in total. The highest BCUT2D eigenvalue weighted by Gasteiger charge is 2.32. The van der Waals surface area contributed by atoms with Crippen LogP contribution in [-0.4, -0.2) is 50.3 Å². The van der Waals surface area contributed by atoms with Gasteiger partial charge in [-0.1, -0.05) is 0 Å². The van der Waals surface area contributed by atoms with Gasteiger partial charge in [-0.3, -0.25) is 9.89 Å². The van der Waals surface area contributed by atoms with E-state index in [2.05, 4.69) is 10.3 Å². The van der Waals surface area contributed by atoms with Crippen molar-refractivity contribution in [3.8, 4) is 5.75 Å². The summed E-state index contributed by atoms with van der Waals surface area (Å²) in [5.41, 5.74) is 6.68. The SMILES string of the molecule is COc1ccc(NC(N)=NCCC2CCN(CC(F)(F)F)CC2)cc1. The summed E-state index contributed by atoms with van der Waals surface area (Å²) in [6.07, 6.45) is -1.72. The van der Waals surface area contributed by atoms with E-state index in [4.69, 9.17) is 10.5 Å². The molecule has 1 fully saturated rings. The number of benzene rings is 1. The van der Waals surface area contributed by atoms with E-state index in [0.29, 0.717) is 31.5 Å². The van der Waals surface area contributed by atoms with Crippen molar-refractivity contribution in [1.29, 1.82) is 0 Å². The largest absolute Gasteiger partial charge is 0.497 e. The quantitative estimate of drug-likeness (QED) is 0.606. The number of piperidine rings is 1. The molecule has 0 aromatic heterocycles. The van der Waals surface area contributed by atoms with Gasteiger partial charge in [0.15, 0.2) is 5.96 Å². The molecule has 0 amide bonds. The Kier molecular flexibility index (Phi) is 6.92. The number of methoxy groups -OCH3 is 1. The van der Waals surface area contributed by atoms with Crippen LogP contribution in [0.25, 0.3) is 0 Å². The molecule has 0 atom stereocenters. The van der Waals surface area contributed by atoms with Gasteiger partial charge in [0.25, 0.3) is 0 Å². The van der Waals surface area contributed by atoms with E-state index >= 15 is 0 Å². The summed E-state index contributed by atoms with van der Waals surface area (Å²) in [4.78, 5) is 5.76. The number of nitrogens with one attached hydrogen (secondary N) is 1. The summed E-state index contributed by atoms with van der Waals surface area (Å²) in [7, 11) is 1.60. The Labute approximate surface area is 146 Å². The zero-order valence-electron chi connectivity index (χ0n) is 14.4. The molecule has 1 aromatic carbocycles. The lowest BCUT2D eigenvalue weighted by Crippen LogP contribution is -2.40. The van der Waals surface area contributed by atoms with Crippen molar-refractivity contribution in [2.75, 3.05) is 38.6 Å². The summed E-state index contributed by atoms with van der Waals surface area (Å²) < 4.78 is 42.2. The number of nitrogens with two attached hydrogens (primary N) is 1. The van der Waals surface area contributed by atoms with Crippen molar-refractivity contribution in [3.05, 3.63) is 24.3 Å². The van der Waals surface area contributed by atoms with Crippen LogP contribution in [0, 0.1) is 5.92 Å². The molecule has 140 valence electrons. The van der Waals surface area contributed by atoms with Crippen molar-refractivity contribution in [3.63, 3.8) is 0 Å². The van der Waals surface area contributed by atoms with Crippen molar-refractivity contribution in [2.24, 2.45) is 16.6 Å². The number of hydrogen-bond donors (Lipinski definition) is 2. The molecule has 0 radical (unpaired) electrons. The molecular weight excluding hydrogens is 333 g/mol. The molecule has 1 aliphatic rings. The molecule has 2 rings (SSSR count). The van der Waals surface area contributed by atoms with Crippen LogP contribution in [0.1, 0.15) is 19.3 Å². The minimum Gasteiger partial charge on any atom is -0.497 e. The fraction of sp³-hybridized carbons (Fsp3) is 0.588. The fourth-order valence-corrected chi connectivity index (χ4v) is 2.92. The number of alkyl halides is 3. The molecule has 0 saturated carbocycles. The normalized spacial score (nSPS) is 17.5. The predicted molar refractivity (Wildman–Crippen MR) is 92.9 cm³/mol. The minimum atomic E-state index is -4.11. The first kappa shape index (κ1) is 19.4. The molecular formula is C17H25F3N4O. The van der Waals surface area contributed by atoms with Gasteiger partial charge in [-0.25, -0.2) is 0 Å². The lowest BCUT2D eigenvalue weighted by atomic mass is 9.93. The highest BCUT2D eigenvalue weighted by atomic mass is 19.4. The van der Waals surface area contributed by atoms with E-state index in [9.17, 15) is 13.2 Å². The third-order valence-electron chi connectivity index (χ3n) is 4.29. The van der Waals surface area contributed by atoms with Gasteiger partial charge in [0.2, 0.25) is 0 Å². The number of guanidine groups is 1. The Hall–Kier alpha value is -1.96. The molecule has 1 aromatic rings. The van der Waals surface area contributed by atoms with E-state index in [-0.39, 0.29) is 0 Å². The molecule has 0 spiro atoms. The number of aliphatic imine (C=N–C) groups is 1. The number of rotatable bonds is 6. The first-order chi connectivity index (χ1) is 11.9. The van der Waals surface area contributed by atoms with Gasteiger partial charge in [0.05, 0.1) is 13.7 Å². The van der Waals surface area contributed by atoms with Crippen LogP contribution < -0.4 is 15.8 Å². The summed E-state index contributed by atoms with van der Waals surface area (Å²) >= 11 is 0. The molecule has 1 aliphatic heterocycles. The first-order valence-corrected chi connectivity index (χ1v) is 8.36. The Balaban J connectivity index is 1.68. The Morgan fingerprint density at radius 3 is 2.48 bits per heavy atom. The van der Waals surface area contributed by atoms with E-state index in [1.54, 1.807) is 7.11 Å². The van der Waals surface area contributed by atoms with Crippen molar-refractivity contribution >= 4 is 11.6 Å². The van der Waals surface area contributed by atoms with Crippen LogP contribution in [0.15, 0.2) is 29.3 Å². The third kappa shape index (κ3) is 7.21. The van der Waals surface area contributed by atoms with Gasteiger partial charge in [0.1, 0.15) is 5.75 Å². The third-order valence-corrected chi connectivity index (χ3v) is 4.29. The monoisotopic (exact) mass is 358 g/mol. The summed E-state index contributed by atoms with van der Waals surface area (Å²) in [6.45, 7) is 0.746. The standard InChI is InChI=1S/C17H25F3N4O/c1-25-15-4-2-14(3-5-15)23-16(21)22-9-6-13-7-10-24(11-8-13)12-17(18,19)20/h2-5,13H,6-12H2,1H3,(H3,21,22,23). The summed E-state index contributed by atoms with van der Waals surface area (Å²) in [5, 5.41) is 3.00.